The summed E-state index contributed by atoms with van der Waals surface area (Å²) < 4.78 is 8.40. The van der Waals surface area contributed by atoms with Crippen molar-refractivity contribution < 1.29 is 4.74 Å². The maximum Gasteiger partial charge on any atom is 0.124 e. The van der Waals surface area contributed by atoms with Crippen LogP contribution in [0, 0.1) is 0 Å². The van der Waals surface area contributed by atoms with Crippen LogP contribution in [0.15, 0.2) is 55.0 Å². The van der Waals surface area contributed by atoms with Crippen LogP contribution in [0.4, 0.5) is 0 Å². The molecule has 0 amide bonds. The molecule has 1 saturated heterocycles. The van der Waals surface area contributed by atoms with Gasteiger partial charge in [-0.05, 0) is 31.0 Å². The number of ether oxygens (including phenoxy) is 1. The summed E-state index contributed by atoms with van der Waals surface area (Å²) in [6.45, 7) is 2.89. The van der Waals surface area contributed by atoms with Crippen LogP contribution in [0.1, 0.15) is 36.4 Å². The van der Waals surface area contributed by atoms with E-state index in [0.717, 1.165) is 61.5 Å². The number of likely N-dealkylation sites (tertiary alicyclic amines) is 1. The zero-order chi connectivity index (χ0) is 19.8. The zero-order valence-corrected chi connectivity index (χ0v) is 16.8. The number of aryl methyl sites for hydroxylation is 1. The number of piperidine rings is 1. The van der Waals surface area contributed by atoms with Crippen LogP contribution in [-0.2, 0) is 13.6 Å². The molecule has 0 aliphatic carbocycles. The number of nitrogens with zero attached hydrogens (tertiary/aromatic N) is 4. The second-order valence-electron chi connectivity index (χ2n) is 8.32. The van der Waals surface area contributed by atoms with Crippen LogP contribution in [0.2, 0.25) is 0 Å². The lowest BCUT2D eigenvalue weighted by Crippen LogP contribution is -2.51. The minimum absolute atomic E-state index is 0.0584. The topological polar surface area (TPSA) is 69.2 Å². The van der Waals surface area contributed by atoms with Gasteiger partial charge < -0.3 is 10.5 Å². The molecule has 0 bridgehead atoms. The fourth-order valence-electron chi connectivity index (χ4n) is 4.74. The summed E-state index contributed by atoms with van der Waals surface area (Å²) in [6, 6.07) is 12.3. The van der Waals surface area contributed by atoms with Crippen molar-refractivity contribution in [3.8, 4) is 17.0 Å². The molecule has 29 heavy (non-hydrogen) atoms. The number of pyridine rings is 1. The Morgan fingerprint density at radius 3 is 2.69 bits per heavy atom. The van der Waals surface area contributed by atoms with Gasteiger partial charge in [-0.2, -0.15) is 5.10 Å². The third-order valence-electron chi connectivity index (χ3n) is 6.26. The van der Waals surface area contributed by atoms with Gasteiger partial charge in [0, 0.05) is 74.4 Å². The zero-order valence-electron chi connectivity index (χ0n) is 16.8. The lowest BCUT2D eigenvalue weighted by Gasteiger charge is -2.46. The van der Waals surface area contributed by atoms with Gasteiger partial charge in [-0.3, -0.25) is 14.6 Å². The van der Waals surface area contributed by atoms with E-state index in [1.54, 1.807) is 0 Å². The van der Waals surface area contributed by atoms with Crippen molar-refractivity contribution >= 4 is 0 Å². The Balaban J connectivity index is 1.29. The van der Waals surface area contributed by atoms with Gasteiger partial charge in [-0.25, -0.2) is 0 Å². The van der Waals surface area contributed by atoms with E-state index < -0.39 is 0 Å². The standard InChI is InChI=1S/C23H27N5O/c1-27-15-18(22(26-27)17-6-10-25-11-7-17)16-28-12-8-23(9-13-28)14-20(24)19-4-2-3-5-21(19)29-23/h2-7,10-11,15,20H,8-9,12-14,16,24H2,1H3. The molecular weight excluding hydrogens is 362 g/mol. The first-order chi connectivity index (χ1) is 14.1. The van der Waals surface area contributed by atoms with Crippen molar-refractivity contribution in [2.24, 2.45) is 12.8 Å². The summed E-state index contributed by atoms with van der Waals surface area (Å²) in [5.41, 5.74) is 10.9. The van der Waals surface area contributed by atoms with Crippen LogP contribution < -0.4 is 10.5 Å². The normalized spacial score (nSPS) is 21.0. The van der Waals surface area contributed by atoms with E-state index in [2.05, 4.69) is 33.3 Å². The maximum absolute atomic E-state index is 6.50. The van der Waals surface area contributed by atoms with Crippen molar-refractivity contribution in [3.63, 3.8) is 0 Å². The van der Waals surface area contributed by atoms with Gasteiger partial charge in [0.25, 0.3) is 0 Å². The predicted molar refractivity (Wildman–Crippen MR) is 112 cm³/mol. The molecule has 1 fully saturated rings. The number of hydrogen-bond acceptors (Lipinski definition) is 5. The first-order valence-electron chi connectivity index (χ1n) is 10.3. The molecule has 0 radical (unpaired) electrons. The predicted octanol–water partition coefficient (Wildman–Crippen LogP) is 3.30. The van der Waals surface area contributed by atoms with Crippen molar-refractivity contribution in [3.05, 3.63) is 66.1 Å². The molecule has 4 heterocycles. The van der Waals surface area contributed by atoms with Gasteiger partial charge in [0.15, 0.2) is 0 Å². The molecule has 3 aromatic rings. The number of benzene rings is 1. The Morgan fingerprint density at radius 1 is 1.14 bits per heavy atom. The summed E-state index contributed by atoms with van der Waals surface area (Å²) in [7, 11) is 1.98. The van der Waals surface area contributed by atoms with E-state index in [9.17, 15) is 0 Å². The summed E-state index contributed by atoms with van der Waals surface area (Å²) in [4.78, 5) is 6.63. The smallest absolute Gasteiger partial charge is 0.124 e. The first kappa shape index (κ1) is 18.3. The molecule has 1 aromatic carbocycles. The van der Waals surface area contributed by atoms with Crippen LogP contribution in [0.5, 0.6) is 5.75 Å². The van der Waals surface area contributed by atoms with E-state index in [-0.39, 0.29) is 11.6 Å². The second kappa shape index (κ2) is 7.28. The summed E-state index contributed by atoms with van der Waals surface area (Å²) in [5, 5.41) is 4.69. The minimum Gasteiger partial charge on any atom is -0.487 e. The third-order valence-corrected chi connectivity index (χ3v) is 6.26. The Morgan fingerprint density at radius 2 is 1.90 bits per heavy atom. The molecule has 1 atom stereocenters. The molecular formula is C23H27N5O. The Hall–Kier alpha value is -2.70. The van der Waals surface area contributed by atoms with E-state index >= 15 is 0 Å². The Labute approximate surface area is 171 Å². The van der Waals surface area contributed by atoms with Crippen molar-refractivity contribution in [1.82, 2.24) is 19.7 Å². The molecule has 150 valence electrons. The number of fused-ring (bicyclic) bond motifs is 1. The SMILES string of the molecule is Cn1cc(CN2CCC3(CC2)CC(N)c2ccccc2O3)c(-c2ccncc2)n1. The average Bonchev–Trinajstić information content (AvgIpc) is 3.11. The van der Waals surface area contributed by atoms with Gasteiger partial charge in [0.2, 0.25) is 0 Å². The number of nitrogens with two attached hydrogens (primary N) is 1. The number of para-hydroxylation sites is 1. The summed E-state index contributed by atoms with van der Waals surface area (Å²) >= 11 is 0. The van der Waals surface area contributed by atoms with Gasteiger partial charge in [-0.15, -0.1) is 0 Å². The molecule has 2 aromatic heterocycles. The van der Waals surface area contributed by atoms with E-state index in [4.69, 9.17) is 10.5 Å². The number of hydrogen-bond donors (Lipinski definition) is 1. The molecule has 1 unspecified atom stereocenters. The second-order valence-corrected chi connectivity index (χ2v) is 8.32. The summed E-state index contributed by atoms with van der Waals surface area (Å²) in [5.74, 6) is 0.965. The largest absolute Gasteiger partial charge is 0.487 e. The van der Waals surface area contributed by atoms with Crippen molar-refractivity contribution in [2.45, 2.75) is 37.5 Å². The van der Waals surface area contributed by atoms with Crippen LogP contribution >= 0.6 is 0 Å². The van der Waals surface area contributed by atoms with Crippen LogP contribution in [-0.4, -0.2) is 38.4 Å². The molecule has 2 N–H and O–H groups in total. The fourth-order valence-corrected chi connectivity index (χ4v) is 4.74. The highest BCUT2D eigenvalue weighted by molar-refractivity contribution is 5.61. The highest BCUT2D eigenvalue weighted by atomic mass is 16.5. The van der Waals surface area contributed by atoms with Crippen molar-refractivity contribution in [2.75, 3.05) is 13.1 Å². The summed E-state index contributed by atoms with van der Waals surface area (Å²) in [6.07, 6.45) is 8.66. The third kappa shape index (κ3) is 3.54. The molecule has 6 heteroatoms. The first-order valence-corrected chi connectivity index (χ1v) is 10.3. The van der Waals surface area contributed by atoms with Crippen LogP contribution in [0.25, 0.3) is 11.3 Å². The lowest BCUT2D eigenvalue weighted by molar-refractivity contribution is -0.0234. The van der Waals surface area contributed by atoms with Gasteiger partial charge in [0.1, 0.15) is 11.4 Å². The molecule has 5 rings (SSSR count). The Kier molecular flexibility index (Phi) is 4.60. The molecule has 2 aliphatic heterocycles. The van der Waals surface area contributed by atoms with E-state index in [1.165, 1.54) is 5.56 Å². The fraction of sp³-hybridized carbons (Fsp3) is 0.391. The van der Waals surface area contributed by atoms with Crippen molar-refractivity contribution in [1.29, 1.82) is 0 Å². The molecule has 0 saturated carbocycles. The lowest BCUT2D eigenvalue weighted by atomic mass is 9.81. The van der Waals surface area contributed by atoms with Gasteiger partial charge in [-0.1, -0.05) is 18.2 Å². The molecule has 6 nitrogen and oxygen atoms in total. The van der Waals surface area contributed by atoms with Crippen LogP contribution in [0.3, 0.4) is 0 Å². The van der Waals surface area contributed by atoms with Gasteiger partial charge in [0.05, 0.1) is 5.69 Å². The highest BCUT2D eigenvalue weighted by Gasteiger charge is 2.42. The average molecular weight is 390 g/mol. The monoisotopic (exact) mass is 389 g/mol. The Bertz CT molecular complexity index is 992. The van der Waals surface area contributed by atoms with Gasteiger partial charge >= 0.3 is 0 Å². The molecule has 1 spiro atoms. The number of rotatable bonds is 3. The minimum atomic E-state index is -0.132. The maximum atomic E-state index is 6.50. The number of aromatic nitrogens is 3. The van der Waals surface area contributed by atoms with E-state index in [0.29, 0.717) is 0 Å². The quantitative estimate of drug-likeness (QED) is 0.744. The van der Waals surface area contributed by atoms with E-state index in [1.807, 2.05) is 48.4 Å². The molecule has 2 aliphatic rings. The highest BCUT2D eigenvalue weighted by Crippen LogP contribution is 2.43.